The number of hydrogen-bond acceptors (Lipinski definition) is 4. The number of halogens is 3. The highest BCUT2D eigenvalue weighted by atomic mass is 19.4. The van der Waals surface area contributed by atoms with E-state index in [1.54, 1.807) is 24.3 Å². The van der Waals surface area contributed by atoms with E-state index in [-0.39, 0.29) is 17.7 Å². The van der Waals surface area contributed by atoms with E-state index in [0.717, 1.165) is 38.2 Å². The van der Waals surface area contributed by atoms with Crippen LogP contribution < -0.4 is 10.1 Å². The van der Waals surface area contributed by atoms with Gasteiger partial charge in [0.1, 0.15) is 17.2 Å². The van der Waals surface area contributed by atoms with Crippen LogP contribution in [0.3, 0.4) is 0 Å². The molecule has 8 heteroatoms. The fourth-order valence-corrected chi connectivity index (χ4v) is 4.22. The van der Waals surface area contributed by atoms with Gasteiger partial charge in [-0.3, -0.25) is 14.7 Å². The molecule has 3 fully saturated rings. The molecule has 29 heavy (non-hydrogen) atoms. The van der Waals surface area contributed by atoms with Gasteiger partial charge in [-0.1, -0.05) is 0 Å². The Balaban J connectivity index is 1.41. The molecule has 2 bridgehead atoms. The summed E-state index contributed by atoms with van der Waals surface area (Å²) in [5.74, 6) is 0.740. The summed E-state index contributed by atoms with van der Waals surface area (Å²) < 4.78 is 43.8. The Morgan fingerprint density at radius 2 is 1.83 bits per heavy atom. The number of benzene rings is 1. The number of fused-ring (bicyclic) bond motifs is 3. The van der Waals surface area contributed by atoms with Gasteiger partial charge < -0.3 is 10.1 Å². The Hall–Kier alpha value is -2.61. The number of nitrogens with one attached hydrogen (secondary N) is 1. The predicted molar refractivity (Wildman–Crippen MR) is 101 cm³/mol. The van der Waals surface area contributed by atoms with Crippen LogP contribution in [0.5, 0.6) is 11.5 Å². The van der Waals surface area contributed by atoms with Crippen LogP contribution in [-0.4, -0.2) is 41.0 Å². The number of ether oxygens (including phenoxy) is 1. The Morgan fingerprint density at radius 1 is 1.14 bits per heavy atom. The van der Waals surface area contributed by atoms with Crippen LogP contribution in [-0.2, 0) is 6.18 Å². The fourth-order valence-electron chi connectivity index (χ4n) is 4.22. The van der Waals surface area contributed by atoms with Crippen molar-refractivity contribution in [2.24, 2.45) is 5.92 Å². The molecule has 5 nitrogen and oxygen atoms in total. The number of piperidine rings is 3. The smallest absolute Gasteiger partial charge is 0.433 e. The van der Waals surface area contributed by atoms with Gasteiger partial charge in [0.15, 0.2) is 0 Å². The van der Waals surface area contributed by atoms with E-state index >= 15 is 0 Å². The SMILES string of the molecule is C[C@@H]1[C@H](NC(=O)c2ccc(Oc3ccnc(C(F)(F)F)c3)cc2)C2CCN1CC2. The molecule has 1 N–H and O–H groups in total. The fraction of sp³-hybridized carbons (Fsp3) is 0.429. The molecular weight excluding hydrogens is 383 g/mol. The predicted octanol–water partition coefficient (Wildman–Crippen LogP) is 4.11. The molecule has 4 heterocycles. The van der Waals surface area contributed by atoms with Gasteiger partial charge in [0.25, 0.3) is 5.91 Å². The van der Waals surface area contributed by atoms with Crippen LogP contribution in [0.4, 0.5) is 13.2 Å². The van der Waals surface area contributed by atoms with E-state index in [9.17, 15) is 18.0 Å². The van der Waals surface area contributed by atoms with Gasteiger partial charge in [0, 0.05) is 29.9 Å². The lowest BCUT2D eigenvalue weighted by Gasteiger charge is -2.49. The normalized spacial score (nSPS) is 26.2. The first-order chi connectivity index (χ1) is 13.8. The van der Waals surface area contributed by atoms with Gasteiger partial charge in [0.05, 0.1) is 0 Å². The molecule has 0 spiro atoms. The first-order valence-electron chi connectivity index (χ1n) is 9.67. The lowest BCUT2D eigenvalue weighted by molar-refractivity contribution is -0.141. The third-order valence-corrected chi connectivity index (χ3v) is 5.85. The largest absolute Gasteiger partial charge is 0.457 e. The lowest BCUT2D eigenvalue weighted by atomic mass is 9.79. The molecule has 0 radical (unpaired) electrons. The highest BCUT2D eigenvalue weighted by molar-refractivity contribution is 5.94. The summed E-state index contributed by atoms with van der Waals surface area (Å²) in [5, 5.41) is 3.15. The zero-order chi connectivity index (χ0) is 20.6. The van der Waals surface area contributed by atoms with Crippen molar-refractivity contribution >= 4 is 5.91 Å². The number of amides is 1. The first-order valence-corrected chi connectivity index (χ1v) is 9.67. The maximum Gasteiger partial charge on any atom is 0.433 e. The molecule has 1 amide bonds. The van der Waals surface area contributed by atoms with E-state index in [0.29, 0.717) is 23.3 Å². The molecule has 1 aromatic carbocycles. The van der Waals surface area contributed by atoms with Gasteiger partial charge in [-0.25, -0.2) is 0 Å². The van der Waals surface area contributed by atoms with Crippen molar-refractivity contribution in [2.75, 3.05) is 13.1 Å². The number of nitrogens with zero attached hydrogens (tertiary/aromatic N) is 2. The van der Waals surface area contributed by atoms with Crippen LogP contribution >= 0.6 is 0 Å². The highest BCUT2D eigenvalue weighted by Gasteiger charge is 2.40. The Bertz CT molecular complexity index is 875. The summed E-state index contributed by atoms with van der Waals surface area (Å²) in [4.78, 5) is 18.4. The minimum Gasteiger partial charge on any atom is -0.457 e. The molecule has 5 rings (SSSR count). The van der Waals surface area contributed by atoms with Crippen molar-refractivity contribution in [3.05, 3.63) is 53.9 Å². The van der Waals surface area contributed by atoms with E-state index in [4.69, 9.17) is 4.74 Å². The maximum absolute atomic E-state index is 12.8. The standard InChI is InChI=1S/C21H22F3N3O2/c1-13-19(14-7-10-27(13)11-8-14)26-20(28)15-2-4-16(5-3-15)29-17-6-9-25-18(12-17)21(22,23)24/h2-6,9,12-14,19H,7-8,10-11H2,1H3,(H,26,28)/t13-,19+/m1/s1. The number of hydrogen-bond donors (Lipinski definition) is 1. The molecule has 3 saturated heterocycles. The highest BCUT2D eigenvalue weighted by Crippen LogP contribution is 2.33. The van der Waals surface area contributed by atoms with E-state index < -0.39 is 11.9 Å². The Kier molecular flexibility index (Phi) is 5.21. The van der Waals surface area contributed by atoms with Crippen LogP contribution in [0.25, 0.3) is 0 Å². The zero-order valence-electron chi connectivity index (χ0n) is 15.9. The molecule has 0 saturated carbocycles. The Labute approximate surface area is 166 Å². The van der Waals surface area contributed by atoms with Crippen molar-refractivity contribution in [3.8, 4) is 11.5 Å². The first kappa shape index (κ1) is 19.7. The number of pyridine rings is 1. The molecule has 1 aromatic heterocycles. The minimum absolute atomic E-state index is 0.0330. The number of alkyl halides is 3. The summed E-state index contributed by atoms with van der Waals surface area (Å²) in [5.41, 5.74) is -0.524. The van der Waals surface area contributed by atoms with Crippen LogP contribution in [0.1, 0.15) is 35.8 Å². The summed E-state index contributed by atoms with van der Waals surface area (Å²) >= 11 is 0. The van der Waals surface area contributed by atoms with Gasteiger partial charge in [0.2, 0.25) is 0 Å². The topological polar surface area (TPSA) is 54.5 Å². The van der Waals surface area contributed by atoms with E-state index in [2.05, 4.69) is 22.1 Å². The molecule has 2 atom stereocenters. The third kappa shape index (κ3) is 4.22. The second-order valence-corrected chi connectivity index (χ2v) is 7.61. The van der Waals surface area contributed by atoms with Gasteiger partial charge in [-0.2, -0.15) is 13.2 Å². The second-order valence-electron chi connectivity index (χ2n) is 7.61. The van der Waals surface area contributed by atoms with Crippen molar-refractivity contribution in [2.45, 2.75) is 38.0 Å². The van der Waals surface area contributed by atoms with E-state index in [1.165, 1.54) is 6.07 Å². The minimum atomic E-state index is -4.53. The average Bonchev–Trinajstić information content (AvgIpc) is 2.71. The number of carbonyl (C=O) groups excluding carboxylic acids is 1. The lowest BCUT2D eigenvalue weighted by Crippen LogP contribution is -2.62. The number of carbonyl (C=O) groups is 1. The summed E-state index contributed by atoms with van der Waals surface area (Å²) in [6.45, 7) is 4.34. The van der Waals surface area contributed by atoms with Gasteiger partial charge >= 0.3 is 6.18 Å². The third-order valence-electron chi connectivity index (χ3n) is 5.85. The summed E-state index contributed by atoms with van der Waals surface area (Å²) in [6.07, 6.45) is -1.27. The van der Waals surface area contributed by atoms with Crippen molar-refractivity contribution in [1.82, 2.24) is 15.2 Å². The molecule has 154 valence electrons. The Morgan fingerprint density at radius 3 is 2.45 bits per heavy atom. The van der Waals surface area contributed by atoms with Gasteiger partial charge in [-0.15, -0.1) is 0 Å². The van der Waals surface area contributed by atoms with Gasteiger partial charge in [-0.05, 0) is 69.1 Å². The van der Waals surface area contributed by atoms with Crippen molar-refractivity contribution in [3.63, 3.8) is 0 Å². The molecular formula is C21H22F3N3O2. The van der Waals surface area contributed by atoms with E-state index in [1.807, 2.05) is 0 Å². The molecule has 3 aliphatic rings. The molecule has 0 unspecified atom stereocenters. The molecule has 0 aliphatic carbocycles. The van der Waals surface area contributed by atoms with Crippen LogP contribution in [0.15, 0.2) is 42.6 Å². The average molecular weight is 405 g/mol. The molecule has 2 aromatic rings. The van der Waals surface area contributed by atoms with Crippen molar-refractivity contribution < 1.29 is 22.7 Å². The number of rotatable bonds is 4. The van der Waals surface area contributed by atoms with Crippen LogP contribution in [0, 0.1) is 5.92 Å². The second kappa shape index (κ2) is 7.67. The van der Waals surface area contributed by atoms with Crippen LogP contribution in [0.2, 0.25) is 0 Å². The zero-order valence-corrected chi connectivity index (χ0v) is 15.9. The summed E-state index contributed by atoms with van der Waals surface area (Å²) in [6, 6.07) is 9.03. The quantitative estimate of drug-likeness (QED) is 0.832. The van der Waals surface area contributed by atoms with Crippen molar-refractivity contribution in [1.29, 1.82) is 0 Å². The summed E-state index contributed by atoms with van der Waals surface area (Å²) in [7, 11) is 0. The molecule has 3 aliphatic heterocycles. The number of aromatic nitrogens is 1. The maximum atomic E-state index is 12.8. The monoisotopic (exact) mass is 405 g/mol.